The summed E-state index contributed by atoms with van der Waals surface area (Å²) in [5, 5.41) is 2.95. The van der Waals surface area contributed by atoms with Crippen molar-refractivity contribution < 1.29 is 22.7 Å². The smallest absolute Gasteiger partial charge is 0.335 e. The molecule has 1 spiro atoms. The van der Waals surface area contributed by atoms with Crippen molar-refractivity contribution in [2.75, 3.05) is 45.5 Å². The minimum absolute atomic E-state index is 0.240. The second-order valence-corrected chi connectivity index (χ2v) is 10.0. The number of hydrogen-bond donors (Lipinski definition) is 1. The van der Waals surface area contributed by atoms with E-state index in [4.69, 9.17) is 4.74 Å². The zero-order valence-electron chi connectivity index (χ0n) is 16.8. The summed E-state index contributed by atoms with van der Waals surface area (Å²) in [5.74, 6) is -0.753. The molecule has 3 aliphatic rings. The fourth-order valence-corrected chi connectivity index (χ4v) is 5.28. The Morgan fingerprint density at radius 1 is 1.11 bits per heavy atom. The topological polar surface area (TPSA) is 96.0 Å². The monoisotopic (exact) mass is 413 g/mol. The first kappa shape index (κ1) is 21.3. The first-order valence-electron chi connectivity index (χ1n) is 10.1. The average molecular weight is 414 g/mol. The molecule has 0 atom stereocenters. The predicted octanol–water partition coefficient (Wildman–Crippen LogP) is 0.646. The van der Waals surface area contributed by atoms with Crippen LogP contribution in [0.25, 0.3) is 0 Å². The van der Waals surface area contributed by atoms with Gasteiger partial charge in [0.05, 0.1) is 11.8 Å². The Labute approximate surface area is 167 Å². The van der Waals surface area contributed by atoms with Crippen molar-refractivity contribution in [3.05, 3.63) is 11.1 Å². The highest BCUT2D eigenvalue weighted by Gasteiger charge is 2.51. The van der Waals surface area contributed by atoms with E-state index < -0.39 is 21.6 Å². The molecule has 2 saturated heterocycles. The van der Waals surface area contributed by atoms with Crippen molar-refractivity contribution in [2.24, 2.45) is 0 Å². The summed E-state index contributed by atoms with van der Waals surface area (Å²) in [6.45, 7) is 5.53. The molecule has 0 aromatic rings. The third-order valence-corrected chi connectivity index (χ3v) is 7.37. The van der Waals surface area contributed by atoms with Gasteiger partial charge in [0, 0.05) is 44.6 Å². The van der Waals surface area contributed by atoms with Crippen molar-refractivity contribution in [1.82, 2.24) is 14.5 Å². The van der Waals surface area contributed by atoms with Crippen LogP contribution in [-0.2, 0) is 24.3 Å². The molecule has 158 valence electrons. The lowest BCUT2D eigenvalue weighted by atomic mass is 9.83. The van der Waals surface area contributed by atoms with E-state index in [2.05, 4.69) is 10.2 Å². The van der Waals surface area contributed by atoms with Crippen LogP contribution in [0.4, 0.5) is 0 Å². The largest absolute Gasteiger partial charge is 0.450 e. The Morgan fingerprint density at radius 2 is 1.71 bits per heavy atom. The van der Waals surface area contributed by atoms with Gasteiger partial charge in [-0.3, -0.25) is 4.79 Å². The first-order valence-corrected chi connectivity index (χ1v) is 12.0. The Morgan fingerprint density at radius 3 is 2.29 bits per heavy atom. The zero-order chi connectivity index (χ0) is 20.4. The molecule has 1 N–H and O–H groups in total. The van der Waals surface area contributed by atoms with Gasteiger partial charge in [0.1, 0.15) is 5.60 Å². The molecule has 9 heteroatoms. The molecule has 0 aliphatic carbocycles. The van der Waals surface area contributed by atoms with E-state index >= 15 is 0 Å². The summed E-state index contributed by atoms with van der Waals surface area (Å²) >= 11 is 0. The highest BCUT2D eigenvalue weighted by Crippen LogP contribution is 2.41. The molecule has 0 bridgehead atoms. The third-order valence-electron chi connectivity index (χ3n) is 6.06. The van der Waals surface area contributed by atoms with Crippen molar-refractivity contribution in [1.29, 1.82) is 0 Å². The van der Waals surface area contributed by atoms with Crippen molar-refractivity contribution in [2.45, 2.75) is 51.0 Å². The maximum absolute atomic E-state index is 12.9. The minimum atomic E-state index is -3.30. The molecule has 0 saturated carbocycles. The van der Waals surface area contributed by atoms with Crippen molar-refractivity contribution in [3.8, 4) is 0 Å². The summed E-state index contributed by atoms with van der Waals surface area (Å²) in [5.41, 5.74) is -0.295. The molecular weight excluding hydrogens is 382 g/mol. The lowest BCUT2D eigenvalue weighted by Crippen LogP contribution is -2.50. The molecule has 2 fully saturated rings. The number of piperidine rings is 1. The summed E-state index contributed by atoms with van der Waals surface area (Å²) in [4.78, 5) is 27.5. The van der Waals surface area contributed by atoms with Gasteiger partial charge in [-0.2, -0.15) is 0 Å². The van der Waals surface area contributed by atoms with Crippen LogP contribution in [0.5, 0.6) is 0 Å². The second kappa shape index (κ2) is 8.51. The van der Waals surface area contributed by atoms with Crippen LogP contribution in [0.3, 0.4) is 0 Å². The molecule has 0 aromatic carbocycles. The fraction of sp³-hybridized carbons (Fsp3) is 0.789. The molecule has 0 radical (unpaired) electrons. The number of carbonyl (C=O) groups excluding carboxylic acids is 2. The van der Waals surface area contributed by atoms with Crippen LogP contribution in [-0.4, -0.2) is 80.6 Å². The van der Waals surface area contributed by atoms with Gasteiger partial charge < -0.3 is 15.0 Å². The van der Waals surface area contributed by atoms with E-state index in [1.807, 2.05) is 0 Å². The zero-order valence-corrected chi connectivity index (χ0v) is 17.6. The van der Waals surface area contributed by atoms with Crippen LogP contribution in [0.2, 0.25) is 0 Å². The second-order valence-electron chi connectivity index (χ2n) is 8.06. The van der Waals surface area contributed by atoms with E-state index in [0.717, 1.165) is 19.6 Å². The lowest BCUT2D eigenvalue weighted by molar-refractivity contribution is -0.150. The number of carbonyl (C=O) groups is 2. The van der Waals surface area contributed by atoms with E-state index in [-0.39, 0.29) is 19.0 Å². The van der Waals surface area contributed by atoms with Gasteiger partial charge in [0.2, 0.25) is 10.0 Å². The summed E-state index contributed by atoms with van der Waals surface area (Å²) in [6, 6.07) is 0. The molecule has 28 heavy (non-hydrogen) atoms. The quantitative estimate of drug-likeness (QED) is 0.665. The number of nitrogens with zero attached hydrogens (tertiary/aromatic N) is 2. The number of esters is 1. The molecule has 3 rings (SSSR count). The molecule has 3 heterocycles. The first-order chi connectivity index (χ1) is 13.2. The number of likely N-dealkylation sites (tertiary alicyclic amines) is 1. The SMILES string of the molecule is CC1=C(C(=O)NCCN2CCCCCC2)C2(CCN(S(C)(=O)=O)CC2)OC1=O. The minimum Gasteiger partial charge on any atom is -0.450 e. The molecular formula is C19H31N3O5S. The lowest BCUT2D eigenvalue weighted by Gasteiger charge is -2.38. The standard InChI is InChI=1S/C19H31N3O5S/c1-15-16(17(23)20-9-14-21-10-5-3-4-6-11-21)19(27-18(15)24)7-12-22(13-8-19)28(2,25)26/h3-14H2,1-2H3,(H,20,23). The fourth-order valence-electron chi connectivity index (χ4n) is 4.43. The summed E-state index contributed by atoms with van der Waals surface area (Å²) in [7, 11) is -3.30. The Bertz CT molecular complexity index is 746. The summed E-state index contributed by atoms with van der Waals surface area (Å²) in [6.07, 6.45) is 6.70. The number of sulfonamides is 1. The summed E-state index contributed by atoms with van der Waals surface area (Å²) < 4.78 is 30.5. The van der Waals surface area contributed by atoms with Gasteiger partial charge in [-0.15, -0.1) is 0 Å². The van der Waals surface area contributed by atoms with Gasteiger partial charge in [0.15, 0.2) is 0 Å². The van der Waals surface area contributed by atoms with Gasteiger partial charge in [0.25, 0.3) is 5.91 Å². The Kier molecular flexibility index (Phi) is 6.46. The van der Waals surface area contributed by atoms with E-state index in [1.165, 1.54) is 36.2 Å². The third kappa shape index (κ3) is 4.58. The average Bonchev–Trinajstić information content (AvgIpc) is 2.81. The van der Waals surface area contributed by atoms with E-state index in [9.17, 15) is 18.0 Å². The normalized spacial score (nSPS) is 24.3. The van der Waals surface area contributed by atoms with Gasteiger partial charge in [-0.05, 0) is 32.9 Å². The van der Waals surface area contributed by atoms with Crippen LogP contribution in [0.15, 0.2) is 11.1 Å². The van der Waals surface area contributed by atoms with E-state index in [0.29, 0.717) is 30.5 Å². The molecule has 0 aromatic heterocycles. The van der Waals surface area contributed by atoms with Gasteiger partial charge >= 0.3 is 5.97 Å². The van der Waals surface area contributed by atoms with E-state index in [1.54, 1.807) is 6.92 Å². The Hall–Kier alpha value is -1.45. The number of nitrogens with one attached hydrogen (secondary N) is 1. The van der Waals surface area contributed by atoms with Crippen molar-refractivity contribution in [3.63, 3.8) is 0 Å². The molecule has 0 unspecified atom stereocenters. The predicted molar refractivity (Wildman–Crippen MR) is 105 cm³/mol. The molecule has 1 amide bonds. The van der Waals surface area contributed by atoms with Crippen LogP contribution >= 0.6 is 0 Å². The number of rotatable bonds is 5. The number of ether oxygens (including phenoxy) is 1. The maximum Gasteiger partial charge on any atom is 0.335 e. The highest BCUT2D eigenvalue weighted by molar-refractivity contribution is 7.88. The van der Waals surface area contributed by atoms with Crippen molar-refractivity contribution >= 4 is 21.9 Å². The van der Waals surface area contributed by atoms with Crippen LogP contribution in [0, 0.1) is 0 Å². The molecule has 8 nitrogen and oxygen atoms in total. The number of amides is 1. The Balaban J connectivity index is 1.63. The molecule has 3 aliphatic heterocycles. The van der Waals surface area contributed by atoms with Crippen LogP contribution in [0.1, 0.15) is 45.4 Å². The van der Waals surface area contributed by atoms with Gasteiger partial charge in [-0.1, -0.05) is 12.8 Å². The maximum atomic E-state index is 12.9. The number of hydrogen-bond acceptors (Lipinski definition) is 6. The van der Waals surface area contributed by atoms with Gasteiger partial charge in [-0.25, -0.2) is 17.5 Å². The highest BCUT2D eigenvalue weighted by atomic mass is 32.2. The van der Waals surface area contributed by atoms with Crippen LogP contribution < -0.4 is 5.32 Å².